The lowest BCUT2D eigenvalue weighted by molar-refractivity contribution is -0.137. The van der Waals surface area contributed by atoms with Gasteiger partial charge in [-0.2, -0.15) is 22.8 Å². The van der Waals surface area contributed by atoms with Crippen molar-refractivity contribution in [2.45, 2.75) is 39.5 Å². The van der Waals surface area contributed by atoms with Crippen LogP contribution in [0.1, 0.15) is 31.9 Å². The third kappa shape index (κ3) is 4.18. The normalized spacial score (nSPS) is 12.3. The van der Waals surface area contributed by atoms with E-state index in [1.165, 1.54) is 40.9 Å². The van der Waals surface area contributed by atoms with Gasteiger partial charge in [-0.15, -0.1) is 0 Å². The third-order valence-corrected chi connectivity index (χ3v) is 4.15. The van der Waals surface area contributed by atoms with Gasteiger partial charge in [-0.3, -0.25) is 4.90 Å². The maximum atomic E-state index is 13.4. The maximum absolute atomic E-state index is 13.4. The highest BCUT2D eigenvalue weighted by Crippen LogP contribution is 2.36. The molecule has 2 heterocycles. The van der Waals surface area contributed by atoms with E-state index in [0.717, 1.165) is 6.07 Å². The van der Waals surface area contributed by atoms with Crippen molar-refractivity contribution < 1.29 is 22.7 Å². The Balaban J connectivity index is 2.13. The summed E-state index contributed by atoms with van der Waals surface area (Å²) in [6, 6.07) is 6.77. The zero-order chi connectivity index (χ0) is 21.6. The molecule has 0 fully saturated rings. The molecule has 0 spiro atoms. The quantitative estimate of drug-likeness (QED) is 0.594. The van der Waals surface area contributed by atoms with Crippen molar-refractivity contribution in [1.82, 2.24) is 14.6 Å². The van der Waals surface area contributed by atoms with Crippen molar-refractivity contribution in [3.63, 3.8) is 0 Å². The van der Waals surface area contributed by atoms with E-state index in [2.05, 4.69) is 10.1 Å². The first-order valence-electron chi connectivity index (χ1n) is 8.87. The van der Waals surface area contributed by atoms with Crippen LogP contribution in [0.5, 0.6) is 0 Å². The second-order valence-corrected chi connectivity index (χ2v) is 7.65. The van der Waals surface area contributed by atoms with Crippen molar-refractivity contribution in [2.24, 2.45) is 0 Å². The summed E-state index contributed by atoms with van der Waals surface area (Å²) < 4.78 is 47.0. The number of anilines is 1. The van der Waals surface area contributed by atoms with Gasteiger partial charge in [-0.05, 0) is 45.4 Å². The molecular weight excluding hydrogens is 385 g/mol. The van der Waals surface area contributed by atoms with Crippen LogP contribution in [0.15, 0.2) is 36.5 Å². The number of halogens is 3. The van der Waals surface area contributed by atoms with Crippen molar-refractivity contribution in [2.75, 3.05) is 11.9 Å². The summed E-state index contributed by atoms with van der Waals surface area (Å²) >= 11 is 0. The van der Waals surface area contributed by atoms with Crippen LogP contribution in [0.3, 0.4) is 0 Å². The first-order valence-corrected chi connectivity index (χ1v) is 8.87. The van der Waals surface area contributed by atoms with Crippen LogP contribution in [-0.4, -0.2) is 33.3 Å². The number of rotatable bonds is 2. The summed E-state index contributed by atoms with van der Waals surface area (Å²) in [7, 11) is 1.49. The predicted molar refractivity (Wildman–Crippen MR) is 103 cm³/mol. The number of alkyl halides is 3. The van der Waals surface area contributed by atoms with Crippen molar-refractivity contribution in [1.29, 1.82) is 0 Å². The van der Waals surface area contributed by atoms with Gasteiger partial charge >= 0.3 is 12.3 Å². The first kappa shape index (κ1) is 20.6. The first-order chi connectivity index (χ1) is 13.4. The molecule has 0 aliphatic heterocycles. The second kappa shape index (κ2) is 7.06. The van der Waals surface area contributed by atoms with E-state index in [0.29, 0.717) is 11.2 Å². The summed E-state index contributed by atoms with van der Waals surface area (Å²) in [4.78, 5) is 17.9. The van der Waals surface area contributed by atoms with E-state index in [9.17, 15) is 18.0 Å². The number of carbonyl (C=O) groups is 1. The monoisotopic (exact) mass is 406 g/mol. The zero-order valence-electron chi connectivity index (χ0n) is 16.7. The van der Waals surface area contributed by atoms with Crippen LogP contribution in [0.25, 0.3) is 16.9 Å². The Kier molecular flexibility index (Phi) is 5.02. The van der Waals surface area contributed by atoms with Gasteiger partial charge in [0.05, 0.1) is 17.5 Å². The molecule has 2 aromatic heterocycles. The molecule has 3 aromatic rings. The molecule has 0 saturated heterocycles. The number of nitrogens with zero attached hydrogens (tertiary/aromatic N) is 4. The van der Waals surface area contributed by atoms with E-state index >= 15 is 0 Å². The molecule has 0 aliphatic rings. The predicted octanol–water partition coefficient (Wildman–Crippen LogP) is 5.09. The number of ether oxygens (including phenoxy) is 1. The second-order valence-electron chi connectivity index (χ2n) is 7.65. The number of benzene rings is 1. The number of hydrogen-bond donors (Lipinski definition) is 0. The molecule has 9 heteroatoms. The lowest BCUT2D eigenvalue weighted by Gasteiger charge is -2.24. The minimum Gasteiger partial charge on any atom is -0.443 e. The molecule has 0 saturated carbocycles. The van der Waals surface area contributed by atoms with E-state index in [-0.39, 0.29) is 17.1 Å². The maximum Gasteiger partial charge on any atom is 0.417 e. The van der Waals surface area contributed by atoms with Gasteiger partial charge < -0.3 is 4.74 Å². The van der Waals surface area contributed by atoms with Crippen molar-refractivity contribution in [3.05, 3.63) is 47.7 Å². The molecule has 0 atom stereocenters. The van der Waals surface area contributed by atoms with Gasteiger partial charge in [0.25, 0.3) is 0 Å². The number of amides is 1. The molecule has 0 aliphatic carbocycles. The van der Waals surface area contributed by atoms with Crippen LogP contribution in [0, 0.1) is 6.92 Å². The average molecular weight is 406 g/mol. The standard InChI is InChI=1S/C20H21F3N4O2/c1-12-10-15(13-8-6-7-9-14(13)20(21,22)23)25-27-16(11-24-17(12)27)26(5)18(28)29-19(2,3)4/h6-11H,1-5H3. The fraction of sp³-hybridized carbons (Fsp3) is 0.350. The smallest absolute Gasteiger partial charge is 0.417 e. The Morgan fingerprint density at radius 1 is 1.17 bits per heavy atom. The van der Waals surface area contributed by atoms with Crippen LogP contribution in [0.4, 0.5) is 23.8 Å². The van der Waals surface area contributed by atoms with Crippen molar-refractivity contribution >= 4 is 17.6 Å². The molecule has 0 bridgehead atoms. The van der Waals surface area contributed by atoms with Gasteiger partial charge in [-0.1, -0.05) is 18.2 Å². The fourth-order valence-electron chi connectivity index (χ4n) is 2.85. The summed E-state index contributed by atoms with van der Waals surface area (Å²) in [5.41, 5.74) is -0.358. The van der Waals surface area contributed by atoms with E-state index in [4.69, 9.17) is 4.74 Å². The molecule has 0 N–H and O–H groups in total. The number of carbonyl (C=O) groups excluding carboxylic acids is 1. The minimum atomic E-state index is -4.52. The van der Waals surface area contributed by atoms with Gasteiger partial charge in [0.15, 0.2) is 11.5 Å². The molecule has 0 unspecified atom stereocenters. The Morgan fingerprint density at radius 3 is 2.45 bits per heavy atom. The molecular formula is C20H21F3N4O2. The van der Waals surface area contributed by atoms with Crippen molar-refractivity contribution in [3.8, 4) is 11.3 Å². The van der Waals surface area contributed by atoms with Gasteiger partial charge in [0.2, 0.25) is 0 Å². The topological polar surface area (TPSA) is 59.7 Å². The number of fused-ring (bicyclic) bond motifs is 1. The molecule has 3 rings (SSSR count). The number of imidazole rings is 1. The van der Waals surface area contributed by atoms with Crippen LogP contribution in [0.2, 0.25) is 0 Å². The Hall–Kier alpha value is -3.10. The molecule has 0 radical (unpaired) electrons. The van der Waals surface area contributed by atoms with Crippen LogP contribution < -0.4 is 4.90 Å². The summed E-state index contributed by atoms with van der Waals surface area (Å²) in [5.74, 6) is 0.281. The van der Waals surface area contributed by atoms with E-state index in [1.807, 2.05) is 0 Å². The number of hydrogen-bond acceptors (Lipinski definition) is 4. The highest BCUT2D eigenvalue weighted by atomic mass is 19.4. The van der Waals surface area contributed by atoms with Gasteiger partial charge in [0, 0.05) is 12.6 Å². The van der Waals surface area contributed by atoms with Crippen LogP contribution >= 0.6 is 0 Å². The fourth-order valence-corrected chi connectivity index (χ4v) is 2.85. The Bertz CT molecular complexity index is 1070. The summed E-state index contributed by atoms with van der Waals surface area (Å²) in [6.07, 6.45) is -3.72. The van der Waals surface area contributed by atoms with Gasteiger partial charge in [-0.25, -0.2) is 9.78 Å². The highest BCUT2D eigenvalue weighted by Gasteiger charge is 2.34. The molecule has 29 heavy (non-hydrogen) atoms. The lowest BCUT2D eigenvalue weighted by Crippen LogP contribution is -2.34. The minimum absolute atomic E-state index is 0.0513. The van der Waals surface area contributed by atoms with Gasteiger partial charge in [0.1, 0.15) is 5.60 Å². The summed E-state index contributed by atoms with van der Waals surface area (Å²) in [6.45, 7) is 6.94. The molecule has 6 nitrogen and oxygen atoms in total. The lowest BCUT2D eigenvalue weighted by atomic mass is 10.0. The van der Waals surface area contributed by atoms with Crippen LogP contribution in [-0.2, 0) is 10.9 Å². The molecule has 1 aromatic carbocycles. The highest BCUT2D eigenvalue weighted by molar-refractivity contribution is 5.86. The largest absolute Gasteiger partial charge is 0.443 e. The number of aryl methyl sites for hydroxylation is 1. The SMILES string of the molecule is Cc1cc(-c2ccccc2C(F)(F)F)nn2c(N(C)C(=O)OC(C)(C)C)cnc12. The van der Waals surface area contributed by atoms with E-state index < -0.39 is 23.4 Å². The Morgan fingerprint density at radius 2 is 1.83 bits per heavy atom. The summed E-state index contributed by atoms with van der Waals surface area (Å²) in [5, 5.41) is 4.35. The third-order valence-electron chi connectivity index (χ3n) is 4.15. The van der Waals surface area contributed by atoms with E-state index in [1.54, 1.807) is 33.8 Å². The zero-order valence-corrected chi connectivity index (χ0v) is 16.7. The molecule has 1 amide bonds. The number of aromatic nitrogens is 3. The average Bonchev–Trinajstić information content (AvgIpc) is 3.03. The Labute approximate surface area is 165 Å². The molecule has 154 valence electrons.